The molecule has 0 radical (unpaired) electrons. The van der Waals surface area contributed by atoms with E-state index in [1.807, 2.05) is 7.05 Å². The van der Waals surface area contributed by atoms with E-state index in [0.717, 1.165) is 0 Å². The number of halogens is 1. The van der Waals surface area contributed by atoms with E-state index in [0.29, 0.717) is 0 Å². The van der Waals surface area contributed by atoms with Gasteiger partial charge >= 0.3 is 0 Å². The highest BCUT2D eigenvalue weighted by Crippen LogP contribution is 1.99. The first-order valence-electron chi connectivity index (χ1n) is 3.12. The molecule has 0 N–H and O–H groups in total. The minimum atomic E-state index is 0. The highest BCUT2D eigenvalue weighted by atomic mass is 127. The molecule has 0 amide bonds. The summed E-state index contributed by atoms with van der Waals surface area (Å²) in [6.07, 6.45) is 4.18. The Morgan fingerprint density at radius 3 is 2.20 bits per heavy atom. The van der Waals surface area contributed by atoms with Crippen LogP contribution >= 0.6 is 0 Å². The average molecular weight is 249 g/mol. The first-order valence-corrected chi connectivity index (χ1v) is 3.12. The molecule has 0 saturated heterocycles. The van der Waals surface area contributed by atoms with Crippen LogP contribution in [-0.4, -0.2) is 0 Å². The Labute approximate surface area is 79.1 Å². The zero-order valence-electron chi connectivity index (χ0n) is 6.56. The maximum absolute atomic E-state index is 2.12. The SMILES string of the molecule is Cc1cc[n+](C)cc1C.[I-]. The molecule has 0 aromatic carbocycles. The van der Waals surface area contributed by atoms with Crippen molar-refractivity contribution in [2.75, 3.05) is 0 Å². The van der Waals surface area contributed by atoms with Crippen molar-refractivity contribution in [3.63, 3.8) is 0 Å². The van der Waals surface area contributed by atoms with E-state index in [2.05, 4.69) is 36.9 Å². The van der Waals surface area contributed by atoms with Crippen molar-refractivity contribution in [3.8, 4) is 0 Å². The van der Waals surface area contributed by atoms with Crippen LogP contribution in [0.3, 0.4) is 0 Å². The molecule has 1 heterocycles. The fourth-order valence-electron chi connectivity index (χ4n) is 0.811. The number of aryl methyl sites for hydroxylation is 3. The monoisotopic (exact) mass is 249 g/mol. The molecule has 0 bridgehead atoms. The van der Waals surface area contributed by atoms with Crippen molar-refractivity contribution in [2.24, 2.45) is 7.05 Å². The standard InChI is InChI=1S/C8H12N.HI/c1-7-4-5-9(3)6-8(7)2;/h4-6H,1-3H3;1H/q+1;/p-1. The van der Waals surface area contributed by atoms with E-state index in [4.69, 9.17) is 0 Å². The van der Waals surface area contributed by atoms with E-state index in [1.54, 1.807) is 0 Å². The highest BCUT2D eigenvalue weighted by Gasteiger charge is 1.94. The molecule has 0 spiro atoms. The van der Waals surface area contributed by atoms with Crippen molar-refractivity contribution in [3.05, 3.63) is 29.6 Å². The van der Waals surface area contributed by atoms with Gasteiger partial charge in [0.15, 0.2) is 12.4 Å². The quantitative estimate of drug-likeness (QED) is 0.375. The third-order valence-corrected chi connectivity index (χ3v) is 1.58. The molecule has 0 atom stereocenters. The number of hydrogen-bond acceptors (Lipinski definition) is 0. The van der Waals surface area contributed by atoms with Gasteiger partial charge in [-0.2, -0.15) is 0 Å². The van der Waals surface area contributed by atoms with Gasteiger partial charge in [-0.1, -0.05) is 0 Å². The van der Waals surface area contributed by atoms with Gasteiger partial charge in [-0.25, -0.2) is 4.57 Å². The smallest absolute Gasteiger partial charge is 0.171 e. The average Bonchev–Trinajstić information content (AvgIpc) is 1.80. The molecule has 0 aliphatic rings. The van der Waals surface area contributed by atoms with Gasteiger partial charge < -0.3 is 24.0 Å². The van der Waals surface area contributed by atoms with Crippen LogP contribution in [-0.2, 0) is 7.05 Å². The molecule has 0 unspecified atom stereocenters. The summed E-state index contributed by atoms with van der Waals surface area (Å²) in [7, 11) is 2.03. The molecule has 0 aliphatic carbocycles. The van der Waals surface area contributed by atoms with Crippen LogP contribution in [0.4, 0.5) is 0 Å². The van der Waals surface area contributed by atoms with Crippen LogP contribution in [0.5, 0.6) is 0 Å². The summed E-state index contributed by atoms with van der Waals surface area (Å²) in [6.45, 7) is 4.24. The Balaban J connectivity index is 0.000000810. The Hall–Kier alpha value is -0.120. The van der Waals surface area contributed by atoms with E-state index in [9.17, 15) is 0 Å². The van der Waals surface area contributed by atoms with Crippen molar-refractivity contribution in [1.29, 1.82) is 0 Å². The number of pyridine rings is 1. The lowest BCUT2D eigenvalue weighted by Gasteiger charge is -1.93. The zero-order valence-corrected chi connectivity index (χ0v) is 8.71. The number of aromatic nitrogens is 1. The first kappa shape index (κ1) is 9.88. The third-order valence-electron chi connectivity index (χ3n) is 1.58. The molecule has 1 aromatic heterocycles. The fraction of sp³-hybridized carbons (Fsp3) is 0.375. The van der Waals surface area contributed by atoms with Gasteiger partial charge in [0.25, 0.3) is 0 Å². The van der Waals surface area contributed by atoms with Crippen LogP contribution in [0.25, 0.3) is 0 Å². The van der Waals surface area contributed by atoms with E-state index in [1.165, 1.54) is 11.1 Å². The third kappa shape index (κ3) is 2.25. The second-order valence-corrected chi connectivity index (χ2v) is 2.48. The van der Waals surface area contributed by atoms with Crippen LogP contribution in [0.15, 0.2) is 18.5 Å². The minimum Gasteiger partial charge on any atom is -1.00 e. The molecule has 1 nitrogen and oxygen atoms in total. The molecule has 10 heavy (non-hydrogen) atoms. The Morgan fingerprint density at radius 2 is 1.80 bits per heavy atom. The Morgan fingerprint density at radius 1 is 1.20 bits per heavy atom. The molecule has 0 fully saturated rings. The van der Waals surface area contributed by atoms with E-state index in [-0.39, 0.29) is 24.0 Å². The topological polar surface area (TPSA) is 3.88 Å². The highest BCUT2D eigenvalue weighted by molar-refractivity contribution is 5.16. The summed E-state index contributed by atoms with van der Waals surface area (Å²) in [5.41, 5.74) is 2.70. The molecule has 1 aromatic rings. The molecule has 2 heteroatoms. The lowest BCUT2D eigenvalue weighted by molar-refractivity contribution is -0.671. The fourth-order valence-corrected chi connectivity index (χ4v) is 0.811. The lowest BCUT2D eigenvalue weighted by Crippen LogP contribution is -3.00. The predicted octanol–water partition coefficient (Wildman–Crippen LogP) is -1.87. The minimum absolute atomic E-state index is 0. The van der Waals surface area contributed by atoms with Crippen LogP contribution in [0.2, 0.25) is 0 Å². The van der Waals surface area contributed by atoms with Gasteiger partial charge in [-0.05, 0) is 19.4 Å². The number of hydrogen-bond donors (Lipinski definition) is 0. The summed E-state index contributed by atoms with van der Waals surface area (Å²) in [5.74, 6) is 0. The van der Waals surface area contributed by atoms with Gasteiger partial charge in [0.2, 0.25) is 0 Å². The van der Waals surface area contributed by atoms with Gasteiger partial charge in [-0.3, -0.25) is 0 Å². The second kappa shape index (κ2) is 3.91. The zero-order chi connectivity index (χ0) is 6.85. The van der Waals surface area contributed by atoms with Gasteiger partial charge in [0.05, 0.1) is 0 Å². The molecule has 1 rings (SSSR count). The molecule has 0 saturated carbocycles. The normalized spacial score (nSPS) is 8.70. The Bertz CT molecular complexity index is 220. The van der Waals surface area contributed by atoms with Gasteiger partial charge in [-0.15, -0.1) is 0 Å². The molecular weight excluding hydrogens is 237 g/mol. The van der Waals surface area contributed by atoms with E-state index >= 15 is 0 Å². The number of rotatable bonds is 0. The van der Waals surface area contributed by atoms with Crippen molar-refractivity contribution < 1.29 is 28.5 Å². The Kier molecular flexibility index (Phi) is 3.86. The van der Waals surface area contributed by atoms with Gasteiger partial charge in [0, 0.05) is 11.6 Å². The summed E-state index contributed by atoms with van der Waals surface area (Å²) in [5, 5.41) is 0. The van der Waals surface area contributed by atoms with Gasteiger partial charge in [0.1, 0.15) is 7.05 Å². The van der Waals surface area contributed by atoms with Crippen LogP contribution < -0.4 is 28.5 Å². The van der Waals surface area contributed by atoms with Crippen molar-refractivity contribution in [1.82, 2.24) is 0 Å². The van der Waals surface area contributed by atoms with Crippen LogP contribution in [0.1, 0.15) is 11.1 Å². The maximum atomic E-state index is 2.12. The number of nitrogens with zero attached hydrogens (tertiary/aromatic N) is 1. The molecular formula is C8H12IN. The summed E-state index contributed by atoms with van der Waals surface area (Å²) >= 11 is 0. The second-order valence-electron chi connectivity index (χ2n) is 2.48. The predicted molar refractivity (Wildman–Crippen MR) is 37.1 cm³/mol. The summed E-state index contributed by atoms with van der Waals surface area (Å²) in [6, 6.07) is 2.12. The first-order chi connectivity index (χ1) is 4.20. The molecule has 56 valence electrons. The lowest BCUT2D eigenvalue weighted by atomic mass is 10.2. The molecule has 0 aliphatic heterocycles. The van der Waals surface area contributed by atoms with Crippen molar-refractivity contribution in [2.45, 2.75) is 13.8 Å². The van der Waals surface area contributed by atoms with E-state index < -0.39 is 0 Å². The van der Waals surface area contributed by atoms with Crippen LogP contribution in [0, 0.1) is 13.8 Å². The maximum Gasteiger partial charge on any atom is 0.171 e. The summed E-state index contributed by atoms with van der Waals surface area (Å²) < 4.78 is 2.06. The van der Waals surface area contributed by atoms with Crippen molar-refractivity contribution >= 4 is 0 Å². The summed E-state index contributed by atoms with van der Waals surface area (Å²) in [4.78, 5) is 0. The largest absolute Gasteiger partial charge is 1.00 e.